The van der Waals surface area contributed by atoms with Crippen LogP contribution in [0, 0.1) is 0 Å². The Morgan fingerprint density at radius 2 is 1.69 bits per heavy atom. The maximum Gasteiger partial charge on any atom is 0.433 e. The molecule has 2 aromatic rings. The standard InChI is InChI=1S/C13H9Cl2F3N4O2S.2C2H6/c14-7-3-20-4-8(15)6(7)5-25-12-21-9(13(16,17)18)1-10(22-12)24-11(23)2-19;2*1-2/h1,3-4H,2,5,19H2;2*1-2H3. The highest BCUT2D eigenvalue weighted by Crippen LogP contribution is 2.33. The van der Waals surface area contributed by atoms with E-state index in [4.69, 9.17) is 28.9 Å². The number of halogens is 5. The lowest BCUT2D eigenvalue weighted by Crippen LogP contribution is -2.21. The number of hydrogen-bond acceptors (Lipinski definition) is 7. The molecule has 29 heavy (non-hydrogen) atoms. The number of esters is 1. The minimum absolute atomic E-state index is 0.0891. The number of rotatable bonds is 5. The Labute approximate surface area is 181 Å². The van der Waals surface area contributed by atoms with E-state index < -0.39 is 30.3 Å². The molecule has 0 aromatic carbocycles. The number of carbonyl (C=O) groups excluding carboxylic acids is 1. The summed E-state index contributed by atoms with van der Waals surface area (Å²) in [5.41, 5.74) is 4.28. The van der Waals surface area contributed by atoms with Gasteiger partial charge in [-0.2, -0.15) is 18.2 Å². The van der Waals surface area contributed by atoms with Gasteiger partial charge in [0.1, 0.15) is 0 Å². The molecule has 2 N–H and O–H groups in total. The summed E-state index contributed by atoms with van der Waals surface area (Å²) in [5.74, 6) is -1.39. The van der Waals surface area contributed by atoms with Crippen LogP contribution >= 0.6 is 35.0 Å². The lowest BCUT2D eigenvalue weighted by atomic mass is 10.3. The molecule has 0 unspecified atom stereocenters. The Kier molecular flexibility index (Phi) is 12.8. The van der Waals surface area contributed by atoms with Crippen LogP contribution in [0.5, 0.6) is 5.88 Å². The number of nitrogens with zero attached hydrogens (tertiary/aromatic N) is 3. The van der Waals surface area contributed by atoms with Crippen LogP contribution in [0.1, 0.15) is 39.0 Å². The molecule has 0 spiro atoms. The van der Waals surface area contributed by atoms with E-state index in [9.17, 15) is 18.0 Å². The first-order valence-corrected chi connectivity index (χ1v) is 10.2. The van der Waals surface area contributed by atoms with E-state index in [2.05, 4.69) is 19.7 Å². The number of carbonyl (C=O) groups is 1. The van der Waals surface area contributed by atoms with Gasteiger partial charge in [0.25, 0.3) is 0 Å². The van der Waals surface area contributed by atoms with Gasteiger partial charge in [0.2, 0.25) is 5.88 Å². The third-order valence-corrected chi connectivity index (χ3v) is 4.18. The summed E-state index contributed by atoms with van der Waals surface area (Å²) in [6.45, 7) is 7.50. The van der Waals surface area contributed by atoms with Crippen molar-refractivity contribution < 1.29 is 22.7 Å². The summed E-state index contributed by atoms with van der Waals surface area (Å²) in [6.07, 6.45) is -2.04. The van der Waals surface area contributed by atoms with Crippen molar-refractivity contribution in [2.45, 2.75) is 44.8 Å². The van der Waals surface area contributed by atoms with E-state index in [0.717, 1.165) is 11.8 Å². The summed E-state index contributed by atoms with van der Waals surface area (Å²) in [5, 5.41) is 0.238. The molecule has 12 heteroatoms. The summed E-state index contributed by atoms with van der Waals surface area (Å²) in [6, 6.07) is 0.518. The molecule has 162 valence electrons. The Balaban J connectivity index is 0.00000184. The van der Waals surface area contributed by atoms with E-state index in [0.29, 0.717) is 11.6 Å². The zero-order valence-electron chi connectivity index (χ0n) is 16.2. The average molecular weight is 473 g/mol. The van der Waals surface area contributed by atoms with Gasteiger partial charge in [-0.15, -0.1) is 0 Å². The van der Waals surface area contributed by atoms with Crippen molar-refractivity contribution in [3.05, 3.63) is 39.8 Å². The minimum atomic E-state index is -4.74. The van der Waals surface area contributed by atoms with E-state index in [-0.39, 0.29) is 21.0 Å². The predicted octanol–water partition coefficient (Wildman–Crippen LogP) is 5.41. The minimum Gasteiger partial charge on any atom is -0.406 e. The fraction of sp³-hybridized carbons (Fsp3) is 0.412. The van der Waals surface area contributed by atoms with Crippen LogP contribution in [0.15, 0.2) is 23.6 Å². The first kappa shape index (κ1) is 27.4. The molecular weight excluding hydrogens is 452 g/mol. The molecule has 0 radical (unpaired) electrons. The summed E-state index contributed by atoms with van der Waals surface area (Å²) < 4.78 is 43.5. The molecule has 0 atom stereocenters. The summed E-state index contributed by atoms with van der Waals surface area (Å²) in [7, 11) is 0. The highest BCUT2D eigenvalue weighted by atomic mass is 35.5. The first-order valence-electron chi connectivity index (χ1n) is 8.48. The molecule has 0 amide bonds. The average Bonchev–Trinajstić information content (AvgIpc) is 2.70. The molecule has 0 aliphatic heterocycles. The van der Waals surface area contributed by atoms with Crippen LogP contribution in [-0.2, 0) is 16.7 Å². The first-order chi connectivity index (χ1) is 13.7. The van der Waals surface area contributed by atoms with Gasteiger partial charge in [-0.3, -0.25) is 9.78 Å². The third kappa shape index (κ3) is 9.16. The lowest BCUT2D eigenvalue weighted by Gasteiger charge is -2.10. The van der Waals surface area contributed by atoms with Gasteiger partial charge < -0.3 is 10.5 Å². The van der Waals surface area contributed by atoms with Crippen LogP contribution in [0.2, 0.25) is 10.0 Å². The zero-order valence-corrected chi connectivity index (χ0v) is 18.5. The number of pyridine rings is 1. The van der Waals surface area contributed by atoms with Gasteiger partial charge in [0, 0.05) is 29.8 Å². The highest BCUT2D eigenvalue weighted by Gasteiger charge is 2.34. The topological polar surface area (TPSA) is 91.0 Å². The molecule has 6 nitrogen and oxygen atoms in total. The molecule has 0 aliphatic carbocycles. The van der Waals surface area contributed by atoms with Gasteiger partial charge in [-0.1, -0.05) is 62.7 Å². The van der Waals surface area contributed by atoms with E-state index in [1.807, 2.05) is 27.7 Å². The number of ether oxygens (including phenoxy) is 1. The number of nitrogens with two attached hydrogens (primary N) is 1. The van der Waals surface area contributed by atoms with Crippen molar-refractivity contribution in [3.63, 3.8) is 0 Å². The number of thioether (sulfide) groups is 1. The molecule has 0 fully saturated rings. The molecule has 2 rings (SSSR count). The van der Waals surface area contributed by atoms with Crippen molar-refractivity contribution in [1.82, 2.24) is 15.0 Å². The Morgan fingerprint density at radius 1 is 1.14 bits per heavy atom. The molecule has 0 saturated carbocycles. The second kappa shape index (κ2) is 13.6. The van der Waals surface area contributed by atoms with Crippen LogP contribution < -0.4 is 10.5 Å². The maximum absolute atomic E-state index is 12.9. The third-order valence-electron chi connectivity index (χ3n) is 2.66. The fourth-order valence-corrected chi connectivity index (χ4v) is 3.10. The van der Waals surface area contributed by atoms with Crippen LogP contribution in [0.25, 0.3) is 0 Å². The molecule has 0 saturated heterocycles. The maximum atomic E-state index is 12.9. The SMILES string of the molecule is CC.CC.NCC(=O)Oc1cc(C(F)(F)F)nc(SCc2c(Cl)cncc2Cl)n1. The van der Waals surface area contributed by atoms with E-state index in [1.165, 1.54) is 12.4 Å². The number of aromatic nitrogens is 3. The predicted molar refractivity (Wildman–Crippen MR) is 108 cm³/mol. The van der Waals surface area contributed by atoms with Gasteiger partial charge in [0.15, 0.2) is 10.9 Å². The summed E-state index contributed by atoms with van der Waals surface area (Å²) in [4.78, 5) is 22.1. The van der Waals surface area contributed by atoms with Gasteiger partial charge in [-0.25, -0.2) is 4.98 Å². The molecule has 0 bridgehead atoms. The second-order valence-electron chi connectivity index (χ2n) is 4.42. The Bertz CT molecular complexity index is 776. The molecular formula is C17H21Cl2F3N4O2S. The quantitative estimate of drug-likeness (QED) is 0.353. The lowest BCUT2D eigenvalue weighted by molar-refractivity contribution is -0.142. The smallest absolute Gasteiger partial charge is 0.406 e. The Morgan fingerprint density at radius 3 is 2.17 bits per heavy atom. The van der Waals surface area contributed by atoms with Gasteiger partial charge in [0.05, 0.1) is 16.6 Å². The fourth-order valence-electron chi connectivity index (χ4n) is 1.54. The number of hydrogen-bond donors (Lipinski definition) is 1. The van der Waals surface area contributed by atoms with Crippen LogP contribution in [0.3, 0.4) is 0 Å². The zero-order chi connectivity index (χ0) is 22.6. The van der Waals surface area contributed by atoms with Crippen molar-refractivity contribution in [2.24, 2.45) is 5.73 Å². The van der Waals surface area contributed by atoms with Crippen molar-refractivity contribution >= 4 is 40.9 Å². The largest absolute Gasteiger partial charge is 0.433 e. The Hall–Kier alpha value is -1.62. The van der Waals surface area contributed by atoms with Crippen molar-refractivity contribution in [3.8, 4) is 5.88 Å². The monoisotopic (exact) mass is 472 g/mol. The number of alkyl halides is 3. The summed E-state index contributed by atoms with van der Waals surface area (Å²) >= 11 is 12.7. The molecule has 2 heterocycles. The highest BCUT2D eigenvalue weighted by molar-refractivity contribution is 7.98. The van der Waals surface area contributed by atoms with Gasteiger partial charge in [-0.05, 0) is 0 Å². The van der Waals surface area contributed by atoms with E-state index >= 15 is 0 Å². The van der Waals surface area contributed by atoms with Crippen LogP contribution in [-0.4, -0.2) is 27.5 Å². The van der Waals surface area contributed by atoms with Gasteiger partial charge >= 0.3 is 12.1 Å². The van der Waals surface area contributed by atoms with Crippen molar-refractivity contribution in [2.75, 3.05) is 6.54 Å². The second-order valence-corrected chi connectivity index (χ2v) is 6.18. The molecule has 2 aromatic heterocycles. The van der Waals surface area contributed by atoms with Crippen LogP contribution in [0.4, 0.5) is 13.2 Å². The van der Waals surface area contributed by atoms with Crippen molar-refractivity contribution in [1.29, 1.82) is 0 Å². The van der Waals surface area contributed by atoms with E-state index in [1.54, 1.807) is 0 Å². The normalized spacial score (nSPS) is 10.3. The molecule has 0 aliphatic rings.